The van der Waals surface area contributed by atoms with Crippen LogP contribution in [0.4, 0.5) is 0 Å². The van der Waals surface area contributed by atoms with Crippen LogP contribution in [0.5, 0.6) is 0 Å². The molecule has 2 aromatic rings. The molecule has 0 spiro atoms. The first-order valence-electron chi connectivity index (χ1n) is 8.16. The highest BCUT2D eigenvalue weighted by atomic mass is 35.5. The number of rotatable bonds is 5. The fraction of sp³-hybridized carbons (Fsp3) is 0.278. The van der Waals surface area contributed by atoms with Crippen LogP contribution in [0.3, 0.4) is 0 Å². The molecule has 0 radical (unpaired) electrons. The van der Waals surface area contributed by atoms with Crippen LogP contribution in [0.1, 0.15) is 5.56 Å². The third kappa shape index (κ3) is 4.24. The van der Waals surface area contributed by atoms with Gasteiger partial charge in [-0.1, -0.05) is 54.1 Å². The zero-order valence-corrected chi connectivity index (χ0v) is 15.5. The quantitative estimate of drug-likeness (QED) is 0.842. The Hall–Kier alpha value is -1.93. The summed E-state index contributed by atoms with van der Waals surface area (Å²) in [7, 11) is -3.78. The molecule has 1 aliphatic rings. The van der Waals surface area contributed by atoms with E-state index in [1.54, 1.807) is 12.1 Å². The van der Waals surface area contributed by atoms with Crippen molar-refractivity contribution in [1.82, 2.24) is 9.62 Å². The van der Waals surface area contributed by atoms with E-state index in [2.05, 4.69) is 5.32 Å². The summed E-state index contributed by atoms with van der Waals surface area (Å²) in [5.74, 6) is -0.340. The molecule has 0 bridgehead atoms. The van der Waals surface area contributed by atoms with Crippen molar-refractivity contribution in [3.05, 3.63) is 65.2 Å². The number of ether oxygens (including phenoxy) is 1. The first kappa shape index (κ1) is 18.8. The van der Waals surface area contributed by atoms with Gasteiger partial charge < -0.3 is 10.1 Å². The van der Waals surface area contributed by atoms with Crippen molar-refractivity contribution in [3.63, 3.8) is 0 Å². The lowest BCUT2D eigenvalue weighted by Gasteiger charge is -2.31. The molecule has 8 heteroatoms. The van der Waals surface area contributed by atoms with Crippen LogP contribution in [0.25, 0.3) is 0 Å². The van der Waals surface area contributed by atoms with E-state index in [1.807, 2.05) is 30.3 Å². The topological polar surface area (TPSA) is 75.7 Å². The molecule has 1 amide bonds. The number of morpholine rings is 1. The Balaban J connectivity index is 1.67. The molecular formula is C18H19ClN2O4S. The van der Waals surface area contributed by atoms with Crippen LogP contribution in [0.2, 0.25) is 5.02 Å². The Morgan fingerprint density at radius 2 is 1.85 bits per heavy atom. The first-order chi connectivity index (χ1) is 12.5. The molecule has 1 atom stereocenters. The molecule has 138 valence electrons. The van der Waals surface area contributed by atoms with Crippen LogP contribution in [-0.2, 0) is 26.1 Å². The third-order valence-corrected chi connectivity index (χ3v) is 6.45. The van der Waals surface area contributed by atoms with Gasteiger partial charge in [-0.25, -0.2) is 8.42 Å². The molecule has 1 fully saturated rings. The summed E-state index contributed by atoms with van der Waals surface area (Å²) in [6.07, 6.45) is -0.857. The molecule has 1 heterocycles. The van der Waals surface area contributed by atoms with Gasteiger partial charge in [-0.05, 0) is 17.7 Å². The highest BCUT2D eigenvalue weighted by molar-refractivity contribution is 7.89. The number of halogens is 1. The number of hydrogen-bond acceptors (Lipinski definition) is 4. The molecule has 3 rings (SSSR count). The van der Waals surface area contributed by atoms with E-state index in [4.69, 9.17) is 16.3 Å². The molecule has 0 unspecified atom stereocenters. The molecule has 1 saturated heterocycles. The maximum Gasteiger partial charge on any atom is 0.250 e. The molecule has 0 saturated carbocycles. The van der Waals surface area contributed by atoms with E-state index in [9.17, 15) is 13.2 Å². The van der Waals surface area contributed by atoms with Gasteiger partial charge >= 0.3 is 0 Å². The summed E-state index contributed by atoms with van der Waals surface area (Å²) in [5, 5.41) is 2.94. The van der Waals surface area contributed by atoms with E-state index in [0.717, 1.165) is 5.56 Å². The van der Waals surface area contributed by atoms with E-state index < -0.39 is 16.1 Å². The summed E-state index contributed by atoms with van der Waals surface area (Å²) in [5.41, 5.74) is 0.956. The minimum Gasteiger partial charge on any atom is -0.366 e. The van der Waals surface area contributed by atoms with Crippen molar-refractivity contribution in [2.24, 2.45) is 0 Å². The molecular weight excluding hydrogens is 376 g/mol. The van der Waals surface area contributed by atoms with E-state index in [1.165, 1.54) is 16.4 Å². The standard InChI is InChI=1S/C18H19ClN2O4S/c19-15-8-4-5-9-17(15)26(23,24)21-10-11-25-16(13-21)18(22)20-12-14-6-2-1-3-7-14/h1-9,16H,10-13H2,(H,20,22)/t16-/m1/s1. The largest absolute Gasteiger partial charge is 0.366 e. The van der Waals surface area contributed by atoms with Gasteiger partial charge in [0, 0.05) is 19.6 Å². The fourth-order valence-electron chi connectivity index (χ4n) is 2.69. The first-order valence-corrected chi connectivity index (χ1v) is 9.98. The van der Waals surface area contributed by atoms with Gasteiger partial charge in [0.25, 0.3) is 5.91 Å². The highest BCUT2D eigenvalue weighted by Crippen LogP contribution is 2.25. The predicted octanol–water partition coefficient (Wildman–Crippen LogP) is 2.05. The second-order valence-corrected chi connectivity index (χ2v) is 8.17. The van der Waals surface area contributed by atoms with Gasteiger partial charge in [0.1, 0.15) is 11.0 Å². The number of carbonyl (C=O) groups is 1. The minimum absolute atomic E-state index is 0.0343. The zero-order chi connectivity index (χ0) is 18.6. The number of benzene rings is 2. The number of carbonyl (C=O) groups excluding carboxylic acids is 1. The van der Waals surface area contributed by atoms with Crippen molar-refractivity contribution < 1.29 is 17.9 Å². The Bertz CT molecular complexity index is 874. The Labute approximate surface area is 157 Å². The number of nitrogens with zero attached hydrogens (tertiary/aromatic N) is 1. The monoisotopic (exact) mass is 394 g/mol. The van der Waals surface area contributed by atoms with Gasteiger partial charge in [0.15, 0.2) is 0 Å². The number of nitrogens with one attached hydrogen (secondary N) is 1. The molecule has 26 heavy (non-hydrogen) atoms. The summed E-state index contributed by atoms with van der Waals surface area (Å²) in [6.45, 7) is 0.633. The van der Waals surface area contributed by atoms with Crippen molar-refractivity contribution in [2.75, 3.05) is 19.7 Å². The number of sulfonamides is 1. The van der Waals surface area contributed by atoms with Crippen molar-refractivity contribution in [2.45, 2.75) is 17.5 Å². The maximum absolute atomic E-state index is 12.8. The number of amides is 1. The summed E-state index contributed by atoms with van der Waals surface area (Å²) in [4.78, 5) is 12.4. The molecule has 1 N–H and O–H groups in total. The zero-order valence-electron chi connectivity index (χ0n) is 14.0. The lowest BCUT2D eigenvalue weighted by Crippen LogP contribution is -2.51. The summed E-state index contributed by atoms with van der Waals surface area (Å²) >= 11 is 6.03. The molecule has 6 nitrogen and oxygen atoms in total. The van der Waals surface area contributed by atoms with Crippen molar-refractivity contribution in [3.8, 4) is 0 Å². The Morgan fingerprint density at radius 3 is 2.58 bits per heavy atom. The smallest absolute Gasteiger partial charge is 0.250 e. The normalized spacial score (nSPS) is 18.4. The predicted molar refractivity (Wildman–Crippen MR) is 98.2 cm³/mol. The average Bonchev–Trinajstić information content (AvgIpc) is 2.67. The maximum atomic E-state index is 12.8. The van der Waals surface area contributed by atoms with Crippen molar-refractivity contribution in [1.29, 1.82) is 0 Å². The average molecular weight is 395 g/mol. The second kappa shape index (κ2) is 8.18. The van der Waals surface area contributed by atoms with Crippen LogP contribution >= 0.6 is 11.6 Å². The molecule has 1 aliphatic heterocycles. The molecule has 2 aromatic carbocycles. The van der Waals surface area contributed by atoms with Gasteiger partial charge in [0.05, 0.1) is 11.6 Å². The SMILES string of the molecule is O=C(NCc1ccccc1)[C@H]1CN(S(=O)(=O)c2ccccc2Cl)CCO1. The van der Waals surface area contributed by atoms with Crippen LogP contribution in [0.15, 0.2) is 59.5 Å². The Kier molecular flexibility index (Phi) is 5.93. The van der Waals surface area contributed by atoms with E-state index >= 15 is 0 Å². The fourth-order valence-corrected chi connectivity index (χ4v) is 4.61. The molecule has 0 aliphatic carbocycles. The lowest BCUT2D eigenvalue weighted by atomic mass is 10.2. The van der Waals surface area contributed by atoms with E-state index in [0.29, 0.717) is 6.54 Å². The van der Waals surface area contributed by atoms with E-state index in [-0.39, 0.29) is 35.5 Å². The molecule has 0 aromatic heterocycles. The van der Waals surface area contributed by atoms with Crippen molar-refractivity contribution >= 4 is 27.5 Å². The lowest BCUT2D eigenvalue weighted by molar-refractivity contribution is -0.136. The third-order valence-electron chi connectivity index (χ3n) is 4.09. The van der Waals surface area contributed by atoms with Gasteiger partial charge in [-0.15, -0.1) is 0 Å². The van der Waals surface area contributed by atoms with Crippen LogP contribution < -0.4 is 5.32 Å². The highest BCUT2D eigenvalue weighted by Gasteiger charge is 2.34. The van der Waals surface area contributed by atoms with Crippen LogP contribution in [0, 0.1) is 0 Å². The van der Waals surface area contributed by atoms with Gasteiger partial charge in [-0.2, -0.15) is 4.31 Å². The summed E-state index contributed by atoms with van der Waals surface area (Å²) < 4.78 is 32.3. The minimum atomic E-state index is -3.78. The van der Waals surface area contributed by atoms with Gasteiger partial charge in [-0.3, -0.25) is 4.79 Å². The number of hydrogen-bond donors (Lipinski definition) is 1. The van der Waals surface area contributed by atoms with Crippen LogP contribution in [-0.4, -0.2) is 44.4 Å². The summed E-state index contributed by atoms with van der Waals surface area (Å²) in [6, 6.07) is 15.7. The second-order valence-electron chi connectivity index (χ2n) is 5.86. The Morgan fingerprint density at radius 1 is 1.15 bits per heavy atom. The van der Waals surface area contributed by atoms with Gasteiger partial charge in [0.2, 0.25) is 10.0 Å².